The van der Waals surface area contributed by atoms with Crippen LogP contribution in [0.4, 0.5) is 0 Å². The fourth-order valence-corrected chi connectivity index (χ4v) is 4.69. The molecule has 1 aromatic carbocycles. The molecule has 1 aliphatic heterocycles. The first kappa shape index (κ1) is 21.2. The number of rotatable bonds is 6. The Morgan fingerprint density at radius 3 is 2.79 bits per heavy atom. The number of aryl methyl sites for hydroxylation is 1. The summed E-state index contributed by atoms with van der Waals surface area (Å²) < 4.78 is 2.74. The molecule has 0 fully saturated rings. The number of aromatic nitrogens is 4. The molecule has 1 N–H and O–H groups in total. The van der Waals surface area contributed by atoms with Crippen LogP contribution in [0.5, 0.6) is 0 Å². The maximum atomic E-state index is 13.4. The molecule has 5 rings (SSSR count). The predicted octanol–water partition coefficient (Wildman–Crippen LogP) is 2.33. The first-order chi connectivity index (χ1) is 16.0. The number of hydrogen-bond acceptors (Lipinski definition) is 7. The van der Waals surface area contributed by atoms with Crippen molar-refractivity contribution in [1.82, 2.24) is 24.3 Å². The van der Waals surface area contributed by atoms with Crippen molar-refractivity contribution in [3.05, 3.63) is 80.7 Å². The molecule has 4 heterocycles. The smallest absolute Gasteiger partial charge is 0.264 e. The summed E-state index contributed by atoms with van der Waals surface area (Å²) in [6.45, 7) is 1.97. The third-order valence-electron chi connectivity index (χ3n) is 5.67. The highest BCUT2D eigenvalue weighted by Crippen LogP contribution is 2.34. The SMILES string of the molecule is Cc1ccc([C@H]2CC(c3cccs3)=NN2C(=O)Cn2cnc3c(cnn3CCO)c2=O)cc1. The lowest BCUT2D eigenvalue weighted by Gasteiger charge is -2.22. The molecule has 1 amide bonds. The number of benzene rings is 1. The topological polar surface area (TPSA) is 106 Å². The van der Waals surface area contributed by atoms with Crippen molar-refractivity contribution < 1.29 is 9.90 Å². The van der Waals surface area contributed by atoms with Crippen LogP contribution >= 0.6 is 11.3 Å². The molecule has 1 aliphatic rings. The zero-order valence-corrected chi connectivity index (χ0v) is 18.8. The number of carbonyl (C=O) groups is 1. The molecule has 3 aromatic heterocycles. The van der Waals surface area contributed by atoms with Gasteiger partial charge in [-0.2, -0.15) is 10.2 Å². The van der Waals surface area contributed by atoms with Crippen LogP contribution < -0.4 is 5.56 Å². The zero-order valence-electron chi connectivity index (χ0n) is 18.0. The van der Waals surface area contributed by atoms with E-state index < -0.39 is 0 Å². The van der Waals surface area contributed by atoms with Gasteiger partial charge in [0.05, 0.1) is 36.0 Å². The van der Waals surface area contributed by atoms with Crippen LogP contribution in [0, 0.1) is 6.92 Å². The van der Waals surface area contributed by atoms with E-state index in [-0.39, 0.29) is 37.2 Å². The third kappa shape index (κ3) is 3.98. The van der Waals surface area contributed by atoms with E-state index in [2.05, 4.69) is 15.2 Å². The van der Waals surface area contributed by atoms with Crippen molar-refractivity contribution in [2.75, 3.05) is 6.61 Å². The minimum atomic E-state index is -0.355. The number of thiophene rings is 1. The van der Waals surface area contributed by atoms with Gasteiger partial charge in [0.2, 0.25) is 0 Å². The first-order valence-corrected chi connectivity index (χ1v) is 11.4. The Morgan fingerprint density at radius 2 is 2.06 bits per heavy atom. The molecule has 0 saturated carbocycles. The van der Waals surface area contributed by atoms with Gasteiger partial charge in [0.25, 0.3) is 11.5 Å². The maximum Gasteiger partial charge on any atom is 0.264 e. The molecule has 9 nitrogen and oxygen atoms in total. The van der Waals surface area contributed by atoms with Crippen LogP contribution in [0.3, 0.4) is 0 Å². The standard InChI is InChI=1S/C23H22N6O3S/c1-15-4-6-16(7-5-15)19-11-18(20-3-2-10-33-20)26-29(19)21(31)13-27-14-24-22-17(23(27)32)12-25-28(22)8-9-30/h2-7,10,12,14,19,30H,8-9,11,13H2,1H3/t19-/m1/s1. The molecule has 0 saturated heterocycles. The van der Waals surface area contributed by atoms with Crippen molar-refractivity contribution in [2.45, 2.75) is 32.5 Å². The normalized spacial score (nSPS) is 15.9. The second-order valence-electron chi connectivity index (χ2n) is 7.90. The van der Waals surface area contributed by atoms with E-state index in [1.807, 2.05) is 48.7 Å². The second kappa shape index (κ2) is 8.72. The number of hydrazone groups is 1. The Labute approximate surface area is 193 Å². The molecule has 0 radical (unpaired) electrons. The number of carbonyl (C=O) groups excluding carboxylic acids is 1. The van der Waals surface area contributed by atoms with Gasteiger partial charge >= 0.3 is 0 Å². The zero-order chi connectivity index (χ0) is 22.9. The van der Waals surface area contributed by atoms with E-state index >= 15 is 0 Å². The van der Waals surface area contributed by atoms with Gasteiger partial charge in [-0.15, -0.1) is 11.3 Å². The van der Waals surface area contributed by atoms with E-state index in [1.165, 1.54) is 26.8 Å². The molecule has 168 valence electrons. The lowest BCUT2D eigenvalue weighted by molar-refractivity contribution is -0.133. The van der Waals surface area contributed by atoms with Gasteiger partial charge < -0.3 is 5.11 Å². The summed E-state index contributed by atoms with van der Waals surface area (Å²) in [5.74, 6) is -0.293. The van der Waals surface area contributed by atoms with E-state index in [0.29, 0.717) is 17.5 Å². The van der Waals surface area contributed by atoms with Crippen molar-refractivity contribution in [2.24, 2.45) is 5.10 Å². The molecule has 0 spiro atoms. The number of fused-ring (bicyclic) bond motifs is 1. The summed E-state index contributed by atoms with van der Waals surface area (Å²) in [5.41, 5.74) is 3.02. The average Bonchev–Trinajstić information content (AvgIpc) is 3.56. The van der Waals surface area contributed by atoms with Crippen LogP contribution in [0.25, 0.3) is 11.0 Å². The van der Waals surface area contributed by atoms with Crippen LogP contribution in [-0.2, 0) is 17.9 Å². The van der Waals surface area contributed by atoms with E-state index in [1.54, 1.807) is 11.3 Å². The third-order valence-corrected chi connectivity index (χ3v) is 6.59. The van der Waals surface area contributed by atoms with E-state index in [4.69, 9.17) is 5.11 Å². The number of aliphatic hydroxyl groups is 1. The summed E-state index contributed by atoms with van der Waals surface area (Å²) in [4.78, 5) is 31.6. The Kier molecular flexibility index (Phi) is 5.61. The molecule has 4 aromatic rings. The highest BCUT2D eigenvalue weighted by molar-refractivity contribution is 7.12. The highest BCUT2D eigenvalue weighted by Gasteiger charge is 2.33. The summed E-state index contributed by atoms with van der Waals surface area (Å²) >= 11 is 1.59. The minimum Gasteiger partial charge on any atom is -0.394 e. The van der Waals surface area contributed by atoms with Crippen LogP contribution in [0.1, 0.15) is 28.5 Å². The number of amides is 1. The Hall–Kier alpha value is -3.63. The molecule has 0 unspecified atom stereocenters. The molecule has 0 bridgehead atoms. The van der Waals surface area contributed by atoms with Gasteiger partial charge in [-0.1, -0.05) is 35.9 Å². The summed E-state index contributed by atoms with van der Waals surface area (Å²) in [7, 11) is 0. The van der Waals surface area contributed by atoms with E-state index in [0.717, 1.165) is 21.7 Å². The second-order valence-corrected chi connectivity index (χ2v) is 8.85. The number of aliphatic hydroxyl groups excluding tert-OH is 1. The fourth-order valence-electron chi connectivity index (χ4n) is 3.97. The van der Waals surface area contributed by atoms with Crippen LogP contribution in [0.2, 0.25) is 0 Å². The van der Waals surface area contributed by atoms with Gasteiger partial charge in [0, 0.05) is 6.42 Å². The predicted molar refractivity (Wildman–Crippen MR) is 125 cm³/mol. The summed E-state index contributed by atoms with van der Waals surface area (Å²) in [5, 5.41) is 21.7. The van der Waals surface area contributed by atoms with Crippen molar-refractivity contribution in [1.29, 1.82) is 0 Å². The Bertz CT molecular complexity index is 1390. The lowest BCUT2D eigenvalue weighted by Crippen LogP contribution is -2.34. The summed E-state index contributed by atoms with van der Waals surface area (Å²) in [6.07, 6.45) is 3.37. The molecular formula is C23H22N6O3S. The number of nitrogens with zero attached hydrogens (tertiary/aromatic N) is 6. The van der Waals surface area contributed by atoms with Gasteiger partial charge in [-0.05, 0) is 23.9 Å². The van der Waals surface area contributed by atoms with Gasteiger partial charge in [0.15, 0.2) is 5.65 Å². The highest BCUT2D eigenvalue weighted by atomic mass is 32.1. The van der Waals surface area contributed by atoms with Crippen molar-refractivity contribution in [3.8, 4) is 0 Å². The monoisotopic (exact) mass is 462 g/mol. The van der Waals surface area contributed by atoms with Crippen molar-refractivity contribution in [3.63, 3.8) is 0 Å². The Balaban J connectivity index is 1.46. The minimum absolute atomic E-state index is 0.111. The first-order valence-electron chi connectivity index (χ1n) is 10.6. The number of hydrogen-bond donors (Lipinski definition) is 1. The average molecular weight is 463 g/mol. The van der Waals surface area contributed by atoms with Crippen molar-refractivity contribution >= 4 is 34.0 Å². The quantitative estimate of drug-likeness (QED) is 0.473. The molecule has 1 atom stereocenters. The molecule has 33 heavy (non-hydrogen) atoms. The maximum absolute atomic E-state index is 13.4. The molecule has 0 aliphatic carbocycles. The molecule has 10 heteroatoms. The largest absolute Gasteiger partial charge is 0.394 e. The lowest BCUT2D eigenvalue weighted by atomic mass is 10.00. The fraction of sp³-hybridized carbons (Fsp3) is 0.261. The Morgan fingerprint density at radius 1 is 1.24 bits per heavy atom. The van der Waals surface area contributed by atoms with Gasteiger partial charge in [-0.3, -0.25) is 14.2 Å². The van der Waals surface area contributed by atoms with Crippen LogP contribution in [0.15, 0.2) is 64.2 Å². The van der Waals surface area contributed by atoms with Gasteiger partial charge in [0.1, 0.15) is 18.3 Å². The van der Waals surface area contributed by atoms with Crippen LogP contribution in [-0.4, -0.2) is 47.7 Å². The molecular weight excluding hydrogens is 440 g/mol. The van der Waals surface area contributed by atoms with Gasteiger partial charge in [-0.25, -0.2) is 14.7 Å². The summed E-state index contributed by atoms with van der Waals surface area (Å²) in [6, 6.07) is 11.8. The van der Waals surface area contributed by atoms with E-state index in [9.17, 15) is 9.59 Å².